The van der Waals surface area contributed by atoms with E-state index in [0.717, 1.165) is 0 Å². The quantitative estimate of drug-likeness (QED) is 0.391. The number of aliphatic hydroxyl groups is 1. The molecule has 5 atom stereocenters. The molecular weight excluding hydrogens is 385 g/mol. The molecule has 2 aromatic heterocycles. The minimum Gasteiger partial charge on any atom is -0.438 e. The molecule has 0 saturated carbocycles. The van der Waals surface area contributed by atoms with Crippen LogP contribution in [0.5, 0.6) is 0 Å². The van der Waals surface area contributed by atoms with Gasteiger partial charge in [-0.05, 0) is 0 Å². The molecule has 2 aliphatic rings. The Bertz CT molecular complexity index is 921. The van der Waals surface area contributed by atoms with Crippen LogP contribution in [0.25, 0.3) is 11.2 Å². The molecule has 2 aliphatic heterocycles. The molecule has 1 unspecified atom stereocenters. The fourth-order valence-corrected chi connectivity index (χ4v) is 4.12. The minimum absolute atomic E-state index is 0.153. The molecule has 3 N–H and O–H groups in total. The second-order valence-corrected chi connectivity index (χ2v) is 7.46. The number of rotatable bonds is 4. The number of phosphoric acid groups is 1. The zero-order chi connectivity index (χ0) is 19.2. The maximum atomic E-state index is 12.5. The Morgan fingerprint density at radius 1 is 1.48 bits per heavy atom. The molecule has 13 nitrogen and oxygen atoms in total. The first-order chi connectivity index (χ1) is 12.9. The summed E-state index contributed by atoms with van der Waals surface area (Å²) in [6, 6.07) is 0. The Hall–Kier alpha value is -2.15. The molecule has 2 saturated heterocycles. The predicted octanol–water partition coefficient (Wildman–Crippen LogP) is -0.273. The summed E-state index contributed by atoms with van der Waals surface area (Å²) in [5.74, 6) is -0.430. The van der Waals surface area contributed by atoms with Gasteiger partial charge in [0.25, 0.3) is 0 Å². The van der Waals surface area contributed by atoms with E-state index in [2.05, 4.69) is 19.7 Å². The normalized spacial score (nSPS) is 33.1. The molecule has 0 bridgehead atoms. The van der Waals surface area contributed by atoms with Crippen molar-refractivity contribution in [3.63, 3.8) is 0 Å². The van der Waals surface area contributed by atoms with Crippen molar-refractivity contribution in [2.75, 3.05) is 19.1 Å². The van der Waals surface area contributed by atoms with Gasteiger partial charge in [-0.3, -0.25) is 18.4 Å². The summed E-state index contributed by atoms with van der Waals surface area (Å²) in [7, 11) is -4.02. The van der Waals surface area contributed by atoms with Crippen LogP contribution in [0.4, 0.5) is 5.82 Å². The molecule has 146 valence electrons. The van der Waals surface area contributed by atoms with Crippen LogP contribution in [-0.2, 0) is 32.4 Å². The predicted molar refractivity (Wildman–Crippen MR) is 85.8 cm³/mol. The van der Waals surface area contributed by atoms with E-state index in [0.29, 0.717) is 11.2 Å². The molecule has 0 spiro atoms. The topological polar surface area (TPSA) is 170 Å². The molecule has 0 radical (unpaired) electrons. The van der Waals surface area contributed by atoms with Gasteiger partial charge in [0, 0.05) is 6.92 Å². The highest BCUT2D eigenvalue weighted by atomic mass is 31.2. The highest BCUT2D eigenvalue weighted by Crippen LogP contribution is 2.56. The molecule has 27 heavy (non-hydrogen) atoms. The van der Waals surface area contributed by atoms with Crippen LogP contribution >= 0.6 is 7.82 Å². The molecule has 4 rings (SSSR count). The van der Waals surface area contributed by atoms with E-state index in [1.807, 2.05) is 0 Å². The number of phosphoric ester groups is 1. The van der Waals surface area contributed by atoms with Crippen molar-refractivity contribution < 1.29 is 37.5 Å². The Morgan fingerprint density at radius 2 is 2.30 bits per heavy atom. The number of ether oxygens (including phenoxy) is 2. The number of aromatic nitrogens is 4. The summed E-state index contributed by atoms with van der Waals surface area (Å²) in [5, 5.41) is 10.6. The maximum Gasteiger partial charge on any atom is 0.478 e. The van der Waals surface area contributed by atoms with Crippen molar-refractivity contribution >= 4 is 30.8 Å². The van der Waals surface area contributed by atoms with Crippen LogP contribution < -0.4 is 5.73 Å². The number of nitrogens with zero attached hydrogens (tertiary/aromatic N) is 4. The second kappa shape index (κ2) is 6.78. The number of nitrogens with two attached hydrogens (primary N) is 1. The van der Waals surface area contributed by atoms with E-state index >= 15 is 0 Å². The van der Waals surface area contributed by atoms with Crippen LogP contribution in [0.2, 0.25) is 0 Å². The first-order valence-electron chi connectivity index (χ1n) is 7.85. The molecule has 2 aromatic rings. The zero-order valence-electron chi connectivity index (χ0n) is 14.0. The number of carbonyl (C=O) groups excluding carboxylic acids is 1. The van der Waals surface area contributed by atoms with Crippen LogP contribution in [0.1, 0.15) is 13.2 Å². The largest absolute Gasteiger partial charge is 0.478 e. The van der Waals surface area contributed by atoms with E-state index in [1.165, 1.54) is 24.1 Å². The van der Waals surface area contributed by atoms with E-state index in [4.69, 9.17) is 24.0 Å². The first kappa shape index (κ1) is 18.2. The number of carbonyl (C=O) groups is 1. The summed E-state index contributed by atoms with van der Waals surface area (Å²) in [5.41, 5.74) is 6.48. The van der Waals surface area contributed by atoms with Crippen LogP contribution in [0, 0.1) is 0 Å². The molecule has 4 heterocycles. The Morgan fingerprint density at radius 3 is 3.07 bits per heavy atom. The van der Waals surface area contributed by atoms with Gasteiger partial charge in [-0.15, -0.1) is 0 Å². The maximum absolute atomic E-state index is 12.5. The van der Waals surface area contributed by atoms with Crippen molar-refractivity contribution in [3.05, 3.63) is 12.7 Å². The van der Waals surface area contributed by atoms with E-state index < -0.39 is 45.1 Å². The van der Waals surface area contributed by atoms with Crippen molar-refractivity contribution in [3.8, 4) is 0 Å². The van der Waals surface area contributed by atoms with Gasteiger partial charge in [-0.1, -0.05) is 0 Å². The Kier molecular flexibility index (Phi) is 4.58. The number of anilines is 1. The fraction of sp³-hybridized carbons (Fsp3) is 0.538. The van der Waals surface area contributed by atoms with Crippen molar-refractivity contribution in [2.24, 2.45) is 0 Å². The monoisotopic (exact) mass is 401 g/mol. The summed E-state index contributed by atoms with van der Waals surface area (Å²) in [6.07, 6.45) is -1.19. The van der Waals surface area contributed by atoms with Crippen LogP contribution in [0.15, 0.2) is 12.7 Å². The van der Waals surface area contributed by atoms with Gasteiger partial charge in [-0.25, -0.2) is 24.0 Å². The zero-order valence-corrected chi connectivity index (χ0v) is 14.9. The lowest BCUT2D eigenvalue weighted by Crippen LogP contribution is -2.39. The van der Waals surface area contributed by atoms with E-state index in [1.54, 1.807) is 0 Å². The number of hydrogen-bond acceptors (Lipinski definition) is 12. The fourth-order valence-electron chi connectivity index (χ4n) is 2.86. The van der Waals surface area contributed by atoms with Gasteiger partial charge in [0.2, 0.25) is 6.79 Å². The van der Waals surface area contributed by atoms with Crippen molar-refractivity contribution in [1.29, 1.82) is 0 Å². The third-order valence-corrected chi connectivity index (χ3v) is 5.48. The minimum atomic E-state index is -4.02. The van der Waals surface area contributed by atoms with Gasteiger partial charge in [0.1, 0.15) is 30.2 Å². The van der Waals surface area contributed by atoms with E-state index in [-0.39, 0.29) is 12.4 Å². The van der Waals surface area contributed by atoms with Gasteiger partial charge < -0.3 is 20.3 Å². The lowest BCUT2D eigenvalue weighted by molar-refractivity contribution is -0.150. The highest BCUT2D eigenvalue weighted by Gasteiger charge is 2.53. The Balaban J connectivity index is 1.52. The third kappa shape index (κ3) is 3.29. The molecule has 2 fully saturated rings. The summed E-state index contributed by atoms with van der Waals surface area (Å²) in [6.45, 7) is 0.412. The number of esters is 1. The molecule has 0 aromatic carbocycles. The average molecular weight is 401 g/mol. The average Bonchev–Trinajstić information content (AvgIpc) is 3.17. The Labute approximate surface area is 152 Å². The SMILES string of the molecule is CC(=O)OCOP1(=O)OC[C@H]2O[C@@H](n3cnc4c(N)ncnc43)[C@H](O)[C@@H]2O1. The third-order valence-electron chi connectivity index (χ3n) is 4.09. The number of fused-ring (bicyclic) bond motifs is 2. The number of imidazole rings is 1. The van der Waals surface area contributed by atoms with Crippen LogP contribution in [-0.4, -0.2) is 62.3 Å². The van der Waals surface area contributed by atoms with Crippen LogP contribution in [0.3, 0.4) is 0 Å². The highest BCUT2D eigenvalue weighted by molar-refractivity contribution is 7.48. The smallest absolute Gasteiger partial charge is 0.438 e. The standard InChI is InChI=1S/C13H16N5O8P/c1-6(19)22-5-24-27(21)23-2-7-10(26-27)9(20)13(25-7)18-4-17-8-11(14)15-3-16-12(8)18/h3-4,7,9-10,13,20H,2,5H2,1H3,(H2,14,15,16)/t7-,9-,10-,13-,27?/m1/s1. The van der Waals surface area contributed by atoms with Crippen molar-refractivity contribution in [2.45, 2.75) is 31.5 Å². The molecule has 14 heteroatoms. The molecule has 0 amide bonds. The van der Waals surface area contributed by atoms with Gasteiger partial charge in [0.05, 0.1) is 12.9 Å². The van der Waals surface area contributed by atoms with Gasteiger partial charge >= 0.3 is 13.8 Å². The summed E-state index contributed by atoms with van der Waals surface area (Å²) in [4.78, 5) is 22.8. The first-order valence-corrected chi connectivity index (χ1v) is 9.31. The lowest BCUT2D eigenvalue weighted by Gasteiger charge is -2.30. The van der Waals surface area contributed by atoms with Crippen molar-refractivity contribution in [1.82, 2.24) is 19.5 Å². The summed E-state index contributed by atoms with van der Waals surface area (Å²) >= 11 is 0. The van der Waals surface area contributed by atoms with Gasteiger partial charge in [-0.2, -0.15) is 0 Å². The number of aliphatic hydroxyl groups excluding tert-OH is 1. The van der Waals surface area contributed by atoms with Gasteiger partial charge in [0.15, 0.2) is 17.7 Å². The second-order valence-electron chi connectivity index (χ2n) is 5.83. The van der Waals surface area contributed by atoms with E-state index in [9.17, 15) is 14.5 Å². The summed E-state index contributed by atoms with van der Waals surface area (Å²) < 4.78 is 39.6. The molecular formula is C13H16N5O8P. The molecule has 0 aliphatic carbocycles. The number of nitrogen functional groups attached to an aromatic ring is 1. The lowest BCUT2D eigenvalue weighted by atomic mass is 10.1. The number of hydrogen-bond donors (Lipinski definition) is 2.